The van der Waals surface area contributed by atoms with Gasteiger partial charge < -0.3 is 18.9 Å². The van der Waals surface area contributed by atoms with Gasteiger partial charge in [0.25, 0.3) is 5.91 Å². The van der Waals surface area contributed by atoms with Crippen LogP contribution < -0.4 is 4.74 Å². The topological polar surface area (TPSA) is 73.7 Å². The highest BCUT2D eigenvalue weighted by molar-refractivity contribution is 5.96. The van der Waals surface area contributed by atoms with Gasteiger partial charge in [0.05, 0.1) is 7.11 Å². The lowest BCUT2D eigenvalue weighted by Gasteiger charge is -2.33. The minimum Gasteiger partial charge on any atom is -0.464 e. The van der Waals surface area contributed by atoms with E-state index in [2.05, 4.69) is 4.98 Å². The van der Waals surface area contributed by atoms with Gasteiger partial charge >= 0.3 is 5.97 Å². The van der Waals surface area contributed by atoms with Crippen molar-refractivity contribution >= 4 is 11.9 Å². The molecule has 0 N–H and O–H groups in total. The molecule has 154 valence electrons. The fourth-order valence-corrected chi connectivity index (χ4v) is 3.74. The summed E-state index contributed by atoms with van der Waals surface area (Å²) in [6.07, 6.45) is 5.00. The molecule has 1 aliphatic rings. The maximum atomic E-state index is 13.2. The monoisotopic (exact) mass is 405 g/mol. The van der Waals surface area contributed by atoms with Crippen LogP contribution >= 0.6 is 0 Å². The molecular formula is C23H23N3O4. The van der Waals surface area contributed by atoms with Crippen molar-refractivity contribution in [3.05, 3.63) is 78.2 Å². The van der Waals surface area contributed by atoms with Crippen LogP contribution in [0.1, 0.15) is 39.7 Å². The minimum atomic E-state index is -0.350. The first kappa shape index (κ1) is 19.7. The number of amides is 1. The quantitative estimate of drug-likeness (QED) is 0.601. The Bertz CT molecular complexity index is 1020. The van der Waals surface area contributed by atoms with Crippen LogP contribution in [0.15, 0.2) is 67.0 Å². The van der Waals surface area contributed by atoms with Gasteiger partial charge in [-0.1, -0.05) is 18.2 Å². The Kier molecular flexibility index (Phi) is 5.79. The van der Waals surface area contributed by atoms with Crippen LogP contribution in [0.4, 0.5) is 0 Å². The van der Waals surface area contributed by atoms with Crippen molar-refractivity contribution in [2.75, 3.05) is 20.2 Å². The number of hydrogen-bond donors (Lipinski definition) is 0. The number of carbonyl (C=O) groups excluding carboxylic acids is 2. The number of rotatable bonds is 5. The zero-order valence-corrected chi connectivity index (χ0v) is 16.7. The normalized spacial score (nSPS) is 14.4. The highest BCUT2D eigenvalue weighted by Gasteiger charge is 2.28. The molecule has 0 bridgehead atoms. The molecular weight excluding hydrogens is 382 g/mol. The van der Waals surface area contributed by atoms with E-state index in [0.29, 0.717) is 36.0 Å². The predicted molar refractivity (Wildman–Crippen MR) is 111 cm³/mol. The fourth-order valence-electron chi connectivity index (χ4n) is 3.74. The number of ether oxygens (including phenoxy) is 2. The first-order chi connectivity index (χ1) is 14.7. The summed E-state index contributed by atoms with van der Waals surface area (Å²) in [4.78, 5) is 31.2. The third-order valence-corrected chi connectivity index (χ3v) is 5.28. The van der Waals surface area contributed by atoms with E-state index in [1.54, 1.807) is 24.4 Å². The van der Waals surface area contributed by atoms with Gasteiger partial charge in [0.1, 0.15) is 17.0 Å². The van der Waals surface area contributed by atoms with Crippen LogP contribution in [-0.2, 0) is 4.74 Å². The molecule has 0 aliphatic carbocycles. The van der Waals surface area contributed by atoms with E-state index in [1.165, 1.54) is 7.11 Å². The number of benzene rings is 1. The third-order valence-electron chi connectivity index (χ3n) is 5.28. The summed E-state index contributed by atoms with van der Waals surface area (Å²) in [5.74, 6) is 0.478. The number of para-hydroxylation sites is 1. The Morgan fingerprint density at radius 1 is 1.00 bits per heavy atom. The van der Waals surface area contributed by atoms with E-state index < -0.39 is 0 Å². The second-order valence-electron chi connectivity index (χ2n) is 7.09. The van der Waals surface area contributed by atoms with Crippen LogP contribution in [0.25, 0.3) is 0 Å². The largest absolute Gasteiger partial charge is 0.464 e. The molecule has 1 aliphatic heterocycles. The first-order valence-electron chi connectivity index (χ1n) is 9.89. The summed E-state index contributed by atoms with van der Waals surface area (Å²) < 4.78 is 12.6. The summed E-state index contributed by atoms with van der Waals surface area (Å²) in [5.41, 5.74) is 0.976. The zero-order valence-electron chi connectivity index (χ0n) is 16.7. The van der Waals surface area contributed by atoms with Crippen LogP contribution in [0.2, 0.25) is 0 Å². The molecule has 1 amide bonds. The molecule has 0 saturated carbocycles. The lowest BCUT2D eigenvalue weighted by Crippen LogP contribution is -2.39. The molecule has 2 aromatic heterocycles. The Hall–Kier alpha value is -3.61. The number of methoxy groups -OCH3 is 1. The van der Waals surface area contributed by atoms with Crippen molar-refractivity contribution in [1.29, 1.82) is 0 Å². The van der Waals surface area contributed by atoms with E-state index >= 15 is 0 Å². The van der Waals surface area contributed by atoms with Gasteiger partial charge in [0.2, 0.25) is 5.88 Å². The van der Waals surface area contributed by atoms with Crippen LogP contribution in [-0.4, -0.2) is 46.5 Å². The van der Waals surface area contributed by atoms with Gasteiger partial charge in [0.15, 0.2) is 0 Å². The van der Waals surface area contributed by atoms with Gasteiger partial charge in [-0.2, -0.15) is 0 Å². The minimum absolute atomic E-state index is 0.104. The van der Waals surface area contributed by atoms with Crippen LogP contribution in [0, 0.1) is 0 Å². The Labute approximate surface area is 174 Å². The molecule has 0 unspecified atom stereocenters. The summed E-state index contributed by atoms with van der Waals surface area (Å²) >= 11 is 0. The molecule has 1 saturated heterocycles. The van der Waals surface area contributed by atoms with Gasteiger partial charge in [-0.3, -0.25) is 4.79 Å². The number of carbonyl (C=O) groups is 2. The van der Waals surface area contributed by atoms with Gasteiger partial charge in [-0.05, 0) is 49.2 Å². The Morgan fingerprint density at radius 3 is 2.50 bits per heavy atom. The zero-order chi connectivity index (χ0) is 20.9. The second kappa shape index (κ2) is 8.82. The molecule has 0 atom stereocenters. The number of aromatic nitrogens is 2. The van der Waals surface area contributed by atoms with E-state index in [9.17, 15) is 9.59 Å². The molecule has 7 heteroatoms. The van der Waals surface area contributed by atoms with Crippen molar-refractivity contribution < 1.29 is 19.1 Å². The van der Waals surface area contributed by atoms with Crippen molar-refractivity contribution in [2.45, 2.75) is 18.9 Å². The molecule has 30 heavy (non-hydrogen) atoms. The number of pyridine rings is 1. The Balaban J connectivity index is 1.45. The summed E-state index contributed by atoms with van der Waals surface area (Å²) in [6, 6.07) is 16.5. The van der Waals surface area contributed by atoms with Crippen LogP contribution in [0.3, 0.4) is 0 Å². The van der Waals surface area contributed by atoms with Crippen molar-refractivity contribution in [2.24, 2.45) is 0 Å². The molecule has 1 fully saturated rings. The maximum absolute atomic E-state index is 13.2. The molecule has 4 rings (SSSR count). The lowest BCUT2D eigenvalue weighted by atomic mass is 10.0. The number of piperidine rings is 1. The van der Waals surface area contributed by atoms with Gasteiger partial charge in [0, 0.05) is 31.5 Å². The number of hydrogen-bond acceptors (Lipinski definition) is 5. The van der Waals surface area contributed by atoms with E-state index in [1.807, 2.05) is 52.1 Å². The summed E-state index contributed by atoms with van der Waals surface area (Å²) in [6.45, 7) is 1.17. The molecule has 0 radical (unpaired) electrons. The maximum Gasteiger partial charge on any atom is 0.354 e. The third kappa shape index (κ3) is 4.05. The number of nitrogens with zero attached hydrogens (tertiary/aromatic N) is 3. The molecule has 3 aromatic rings. The average Bonchev–Trinajstić information content (AvgIpc) is 3.29. The van der Waals surface area contributed by atoms with Crippen molar-refractivity contribution in [3.63, 3.8) is 0 Å². The molecule has 1 aromatic carbocycles. The number of likely N-dealkylation sites (tertiary alicyclic amines) is 1. The SMILES string of the molecule is COC(=O)c1cccn1C1CCN(C(=O)c2cccnc2Oc2ccccc2)CC1. The number of esters is 1. The van der Waals surface area contributed by atoms with Gasteiger partial charge in [-0.25, -0.2) is 9.78 Å². The standard InChI is InChI=1S/C23H23N3O4/c1-29-23(28)20-10-6-14-26(20)17-11-15-25(16-12-17)22(27)19-9-5-13-24-21(19)30-18-7-3-2-4-8-18/h2-10,13-14,17H,11-12,15-16H2,1H3. The van der Waals surface area contributed by atoms with Gasteiger partial charge in [-0.15, -0.1) is 0 Å². The molecule has 0 spiro atoms. The second-order valence-corrected chi connectivity index (χ2v) is 7.09. The summed E-state index contributed by atoms with van der Waals surface area (Å²) in [7, 11) is 1.38. The fraction of sp³-hybridized carbons (Fsp3) is 0.261. The lowest BCUT2D eigenvalue weighted by molar-refractivity contribution is 0.0573. The Morgan fingerprint density at radius 2 is 1.77 bits per heavy atom. The summed E-state index contributed by atoms with van der Waals surface area (Å²) in [5, 5.41) is 0. The van der Waals surface area contributed by atoms with Crippen molar-refractivity contribution in [1.82, 2.24) is 14.5 Å². The predicted octanol–water partition coefficient (Wildman–Crippen LogP) is 3.94. The first-order valence-corrected chi connectivity index (χ1v) is 9.89. The van der Waals surface area contributed by atoms with E-state index in [4.69, 9.17) is 9.47 Å². The molecule has 7 nitrogen and oxygen atoms in total. The smallest absolute Gasteiger partial charge is 0.354 e. The van der Waals surface area contributed by atoms with E-state index in [-0.39, 0.29) is 17.9 Å². The van der Waals surface area contributed by atoms with E-state index in [0.717, 1.165) is 12.8 Å². The average molecular weight is 405 g/mol. The highest BCUT2D eigenvalue weighted by Crippen LogP contribution is 2.28. The van der Waals surface area contributed by atoms with Crippen LogP contribution in [0.5, 0.6) is 11.6 Å². The molecule has 3 heterocycles. The highest BCUT2D eigenvalue weighted by atomic mass is 16.5. The van der Waals surface area contributed by atoms with Crippen molar-refractivity contribution in [3.8, 4) is 11.6 Å².